The number of nitrogens with two attached hydrogens (primary N) is 1. The molecule has 1 rings (SSSR count). The van der Waals surface area contributed by atoms with Gasteiger partial charge in [0.2, 0.25) is 10.0 Å². The van der Waals surface area contributed by atoms with E-state index >= 15 is 0 Å². The van der Waals surface area contributed by atoms with Crippen molar-refractivity contribution in [2.45, 2.75) is 4.90 Å². The molecule has 13 heavy (non-hydrogen) atoms. The monoisotopic (exact) mass is 203 g/mol. The highest BCUT2D eigenvalue weighted by molar-refractivity contribution is 7.89. The molecule has 0 aromatic heterocycles. The van der Waals surface area contributed by atoms with E-state index in [1.54, 1.807) is 0 Å². The Hall–Kier alpha value is -1.27. The number of carbonyl (C=O) groups excluding carboxylic acids is 1. The molecule has 0 bridgehead atoms. The molecule has 0 atom stereocenters. The van der Waals surface area contributed by atoms with Crippen LogP contribution >= 0.6 is 0 Å². The Labute approximate surface area is 74.2 Å². The number of sulfonamides is 1. The van der Waals surface area contributed by atoms with E-state index in [9.17, 15) is 17.6 Å². The van der Waals surface area contributed by atoms with Gasteiger partial charge in [-0.25, -0.2) is 17.9 Å². The van der Waals surface area contributed by atoms with Crippen LogP contribution in [-0.4, -0.2) is 14.7 Å². The number of rotatable bonds is 2. The molecule has 0 amide bonds. The van der Waals surface area contributed by atoms with Crippen molar-refractivity contribution in [1.29, 1.82) is 0 Å². The van der Waals surface area contributed by atoms with Crippen LogP contribution in [0.2, 0.25) is 0 Å². The number of halogens is 1. The number of hydrogen-bond donors (Lipinski definition) is 1. The van der Waals surface area contributed by atoms with Gasteiger partial charge in [0.05, 0.1) is 0 Å². The van der Waals surface area contributed by atoms with E-state index in [-0.39, 0.29) is 11.8 Å². The van der Waals surface area contributed by atoms with Gasteiger partial charge in [-0.05, 0) is 6.07 Å². The van der Waals surface area contributed by atoms with Gasteiger partial charge < -0.3 is 0 Å². The normalized spacial score (nSPS) is 11.2. The molecule has 0 fully saturated rings. The number of hydrogen-bond acceptors (Lipinski definition) is 3. The van der Waals surface area contributed by atoms with Crippen molar-refractivity contribution in [2.75, 3.05) is 0 Å². The van der Waals surface area contributed by atoms with E-state index in [1.165, 1.54) is 12.1 Å². The number of aldehydes is 1. The molecule has 0 heterocycles. The van der Waals surface area contributed by atoms with E-state index in [4.69, 9.17) is 5.14 Å². The van der Waals surface area contributed by atoms with Gasteiger partial charge in [-0.15, -0.1) is 0 Å². The minimum atomic E-state index is -4.18. The predicted molar refractivity (Wildman–Crippen MR) is 43.2 cm³/mol. The second kappa shape index (κ2) is 3.23. The fraction of sp³-hybridized carbons (Fsp3) is 0. The highest BCUT2D eigenvalue weighted by Gasteiger charge is 2.18. The van der Waals surface area contributed by atoms with Crippen LogP contribution in [0.5, 0.6) is 0 Å². The van der Waals surface area contributed by atoms with Gasteiger partial charge in [-0.2, -0.15) is 0 Å². The largest absolute Gasteiger partial charge is 0.298 e. The first-order valence-electron chi connectivity index (χ1n) is 3.23. The van der Waals surface area contributed by atoms with Crippen LogP contribution in [0.4, 0.5) is 4.39 Å². The average molecular weight is 203 g/mol. The number of carbonyl (C=O) groups is 1. The van der Waals surface area contributed by atoms with E-state index < -0.39 is 20.7 Å². The minimum absolute atomic E-state index is 0.239. The molecule has 6 heteroatoms. The molecule has 4 nitrogen and oxygen atoms in total. The van der Waals surface area contributed by atoms with Gasteiger partial charge in [0, 0.05) is 5.56 Å². The zero-order chi connectivity index (χ0) is 10.1. The maximum atomic E-state index is 12.9. The quantitative estimate of drug-likeness (QED) is 0.701. The highest BCUT2D eigenvalue weighted by atomic mass is 32.2. The van der Waals surface area contributed by atoms with Gasteiger partial charge in [0.1, 0.15) is 10.7 Å². The summed E-state index contributed by atoms with van der Waals surface area (Å²) >= 11 is 0. The molecule has 0 aliphatic heterocycles. The summed E-state index contributed by atoms with van der Waals surface area (Å²) < 4.78 is 34.5. The third-order valence-electron chi connectivity index (χ3n) is 1.41. The average Bonchev–Trinajstić information content (AvgIpc) is 2.01. The third-order valence-corrected chi connectivity index (χ3v) is 2.41. The molecular weight excluding hydrogens is 197 g/mol. The highest BCUT2D eigenvalue weighted by Crippen LogP contribution is 2.16. The maximum Gasteiger partial charge on any atom is 0.241 e. The van der Waals surface area contributed by atoms with Crippen LogP contribution < -0.4 is 5.14 Å². The van der Waals surface area contributed by atoms with Gasteiger partial charge in [0.15, 0.2) is 6.29 Å². The summed E-state index contributed by atoms with van der Waals surface area (Å²) in [5, 5.41) is 4.71. The molecule has 0 aliphatic carbocycles. The van der Waals surface area contributed by atoms with Gasteiger partial charge in [0.25, 0.3) is 0 Å². The van der Waals surface area contributed by atoms with Crippen molar-refractivity contribution in [3.05, 3.63) is 29.6 Å². The Morgan fingerprint density at radius 1 is 1.38 bits per heavy atom. The maximum absolute atomic E-state index is 12.9. The Morgan fingerprint density at radius 3 is 2.38 bits per heavy atom. The Bertz CT molecular complexity index is 441. The molecule has 0 saturated heterocycles. The van der Waals surface area contributed by atoms with Crippen molar-refractivity contribution < 1.29 is 17.6 Å². The molecular formula is C7H6FNO3S. The SMILES string of the molecule is NS(=O)(=O)c1c(F)cccc1C=O. The topological polar surface area (TPSA) is 77.2 Å². The molecule has 0 unspecified atom stereocenters. The summed E-state index contributed by atoms with van der Waals surface area (Å²) in [5.41, 5.74) is -0.275. The van der Waals surface area contributed by atoms with Gasteiger partial charge >= 0.3 is 0 Å². The van der Waals surface area contributed by atoms with Crippen LogP contribution in [0.25, 0.3) is 0 Å². The Balaban J connectivity index is 3.59. The Morgan fingerprint density at radius 2 is 2.00 bits per heavy atom. The lowest BCUT2D eigenvalue weighted by Crippen LogP contribution is -2.16. The van der Waals surface area contributed by atoms with Crippen LogP contribution in [0.15, 0.2) is 23.1 Å². The van der Waals surface area contributed by atoms with E-state index in [2.05, 4.69) is 0 Å². The van der Waals surface area contributed by atoms with E-state index in [0.29, 0.717) is 0 Å². The van der Waals surface area contributed by atoms with E-state index in [1.807, 2.05) is 0 Å². The standard InChI is InChI=1S/C7H6FNO3S/c8-6-3-1-2-5(4-10)7(6)13(9,11)12/h1-4H,(H2,9,11,12). The zero-order valence-electron chi connectivity index (χ0n) is 6.40. The molecule has 0 aliphatic rings. The first-order valence-corrected chi connectivity index (χ1v) is 4.78. The van der Waals surface area contributed by atoms with Gasteiger partial charge in [-0.3, -0.25) is 4.79 Å². The second-order valence-corrected chi connectivity index (χ2v) is 3.82. The molecule has 0 spiro atoms. The van der Waals surface area contributed by atoms with Crippen molar-refractivity contribution in [3.8, 4) is 0 Å². The molecule has 0 radical (unpaired) electrons. The van der Waals surface area contributed by atoms with Gasteiger partial charge in [-0.1, -0.05) is 12.1 Å². The first kappa shape index (κ1) is 9.82. The molecule has 1 aromatic rings. The Kier molecular flexibility index (Phi) is 2.44. The van der Waals surface area contributed by atoms with Crippen LogP contribution in [-0.2, 0) is 10.0 Å². The second-order valence-electron chi connectivity index (χ2n) is 2.32. The third kappa shape index (κ3) is 1.90. The zero-order valence-corrected chi connectivity index (χ0v) is 7.21. The summed E-state index contributed by atoms with van der Waals surface area (Å²) in [6.07, 6.45) is 0.239. The molecule has 70 valence electrons. The van der Waals surface area contributed by atoms with Crippen LogP contribution in [0.3, 0.4) is 0 Å². The smallest absolute Gasteiger partial charge is 0.241 e. The van der Waals surface area contributed by atoms with Crippen molar-refractivity contribution >= 4 is 16.3 Å². The minimum Gasteiger partial charge on any atom is -0.298 e. The lowest BCUT2D eigenvalue weighted by Gasteiger charge is -2.01. The number of primary sulfonamides is 1. The summed E-state index contributed by atoms with van der Waals surface area (Å²) in [7, 11) is -4.18. The lowest BCUT2D eigenvalue weighted by molar-refractivity contribution is 0.111. The first-order chi connectivity index (χ1) is 5.96. The number of benzene rings is 1. The summed E-state index contributed by atoms with van der Waals surface area (Å²) in [4.78, 5) is 9.58. The predicted octanol–water partition coefficient (Wildman–Crippen LogP) is 0.286. The van der Waals surface area contributed by atoms with Crippen LogP contribution in [0, 0.1) is 5.82 Å². The summed E-state index contributed by atoms with van der Waals surface area (Å²) in [6, 6.07) is 3.33. The fourth-order valence-electron chi connectivity index (χ4n) is 0.918. The summed E-state index contributed by atoms with van der Waals surface area (Å²) in [5.74, 6) is -1.02. The molecule has 2 N–H and O–H groups in total. The van der Waals surface area contributed by atoms with Crippen molar-refractivity contribution in [2.24, 2.45) is 5.14 Å². The van der Waals surface area contributed by atoms with Crippen molar-refractivity contribution in [1.82, 2.24) is 0 Å². The van der Waals surface area contributed by atoms with E-state index in [0.717, 1.165) is 6.07 Å². The molecule has 1 aromatic carbocycles. The lowest BCUT2D eigenvalue weighted by atomic mass is 10.2. The fourth-order valence-corrected chi connectivity index (χ4v) is 1.70. The molecule has 0 saturated carbocycles. The van der Waals surface area contributed by atoms with Crippen LogP contribution in [0.1, 0.15) is 10.4 Å². The summed E-state index contributed by atoms with van der Waals surface area (Å²) in [6.45, 7) is 0. The van der Waals surface area contributed by atoms with Crippen molar-refractivity contribution in [3.63, 3.8) is 0 Å².